The van der Waals surface area contributed by atoms with Crippen molar-refractivity contribution in [3.63, 3.8) is 0 Å². The number of amides is 1. The van der Waals surface area contributed by atoms with Gasteiger partial charge in [0.1, 0.15) is 0 Å². The molecule has 3 unspecified atom stereocenters. The standard InChI is InChI=1S/C11H19NO3/c1-7(11(14)15)9-4-5-10(6-9)12(3)8(2)13/h7,9-10H,4-6H2,1-3H3,(H,14,15). The van der Waals surface area contributed by atoms with Gasteiger partial charge in [0.2, 0.25) is 5.91 Å². The van der Waals surface area contributed by atoms with Crippen LogP contribution < -0.4 is 0 Å². The van der Waals surface area contributed by atoms with E-state index >= 15 is 0 Å². The molecule has 1 aliphatic rings. The van der Waals surface area contributed by atoms with Crippen molar-refractivity contribution in [2.24, 2.45) is 11.8 Å². The lowest BCUT2D eigenvalue weighted by Gasteiger charge is -2.23. The summed E-state index contributed by atoms with van der Waals surface area (Å²) >= 11 is 0. The zero-order valence-corrected chi connectivity index (χ0v) is 9.56. The maximum atomic E-state index is 11.2. The van der Waals surface area contributed by atoms with Crippen LogP contribution in [0.25, 0.3) is 0 Å². The van der Waals surface area contributed by atoms with Crippen molar-refractivity contribution in [3.05, 3.63) is 0 Å². The van der Waals surface area contributed by atoms with E-state index in [0.717, 1.165) is 19.3 Å². The van der Waals surface area contributed by atoms with E-state index < -0.39 is 5.97 Å². The van der Waals surface area contributed by atoms with Gasteiger partial charge in [-0.05, 0) is 25.2 Å². The van der Waals surface area contributed by atoms with E-state index in [4.69, 9.17) is 5.11 Å². The van der Waals surface area contributed by atoms with Crippen molar-refractivity contribution in [2.45, 2.75) is 39.2 Å². The number of rotatable bonds is 3. The van der Waals surface area contributed by atoms with Crippen LogP contribution in [-0.4, -0.2) is 35.0 Å². The van der Waals surface area contributed by atoms with Gasteiger partial charge in [-0.1, -0.05) is 6.92 Å². The highest BCUT2D eigenvalue weighted by Gasteiger charge is 2.34. The molecule has 0 bridgehead atoms. The molecule has 1 N–H and O–H groups in total. The van der Waals surface area contributed by atoms with Crippen molar-refractivity contribution >= 4 is 11.9 Å². The normalized spacial score (nSPS) is 27.4. The lowest BCUT2D eigenvalue weighted by molar-refractivity contribution is -0.142. The number of nitrogens with zero attached hydrogens (tertiary/aromatic N) is 1. The van der Waals surface area contributed by atoms with Gasteiger partial charge in [-0.2, -0.15) is 0 Å². The molecule has 0 heterocycles. The molecule has 4 heteroatoms. The average molecular weight is 213 g/mol. The first kappa shape index (κ1) is 12.0. The molecule has 0 aromatic carbocycles. The lowest BCUT2D eigenvalue weighted by atomic mass is 9.92. The molecule has 0 aromatic rings. The van der Waals surface area contributed by atoms with Gasteiger partial charge in [0, 0.05) is 20.0 Å². The number of carboxylic acids is 1. The second-order valence-corrected chi connectivity index (χ2v) is 4.48. The van der Waals surface area contributed by atoms with Crippen LogP contribution in [0.3, 0.4) is 0 Å². The van der Waals surface area contributed by atoms with E-state index in [1.807, 2.05) is 0 Å². The highest BCUT2D eigenvalue weighted by molar-refractivity contribution is 5.73. The Hall–Kier alpha value is -1.06. The van der Waals surface area contributed by atoms with Crippen molar-refractivity contribution < 1.29 is 14.7 Å². The molecule has 1 rings (SSSR count). The van der Waals surface area contributed by atoms with Crippen LogP contribution in [0.15, 0.2) is 0 Å². The van der Waals surface area contributed by atoms with E-state index in [2.05, 4.69) is 0 Å². The van der Waals surface area contributed by atoms with Crippen LogP contribution in [0.4, 0.5) is 0 Å². The smallest absolute Gasteiger partial charge is 0.306 e. The molecule has 1 saturated carbocycles. The Morgan fingerprint density at radius 1 is 1.40 bits per heavy atom. The molecule has 0 saturated heterocycles. The van der Waals surface area contributed by atoms with Crippen molar-refractivity contribution in [2.75, 3.05) is 7.05 Å². The Balaban J connectivity index is 2.52. The van der Waals surface area contributed by atoms with Crippen LogP contribution in [0.1, 0.15) is 33.1 Å². The minimum absolute atomic E-state index is 0.0589. The average Bonchev–Trinajstić information content (AvgIpc) is 2.63. The number of hydrogen-bond acceptors (Lipinski definition) is 2. The fourth-order valence-electron chi connectivity index (χ4n) is 2.26. The number of carbonyl (C=O) groups is 2. The first-order valence-electron chi connectivity index (χ1n) is 5.39. The van der Waals surface area contributed by atoms with Gasteiger partial charge in [0.25, 0.3) is 0 Å². The molecular weight excluding hydrogens is 194 g/mol. The summed E-state index contributed by atoms with van der Waals surface area (Å²) in [6, 6.07) is 0.231. The third kappa shape index (κ3) is 2.70. The second kappa shape index (κ2) is 4.64. The molecule has 1 aliphatic carbocycles. The van der Waals surface area contributed by atoms with E-state index in [9.17, 15) is 9.59 Å². The summed E-state index contributed by atoms with van der Waals surface area (Å²) in [6.45, 7) is 3.30. The van der Waals surface area contributed by atoms with Crippen molar-refractivity contribution in [1.82, 2.24) is 4.90 Å². The molecule has 1 amide bonds. The quantitative estimate of drug-likeness (QED) is 0.770. The molecule has 86 valence electrons. The minimum Gasteiger partial charge on any atom is -0.481 e. The second-order valence-electron chi connectivity index (χ2n) is 4.48. The van der Waals surface area contributed by atoms with Crippen LogP contribution in [0.5, 0.6) is 0 Å². The van der Waals surface area contributed by atoms with Crippen molar-refractivity contribution in [3.8, 4) is 0 Å². The van der Waals surface area contributed by atoms with Crippen LogP contribution in [0, 0.1) is 11.8 Å². The first-order valence-corrected chi connectivity index (χ1v) is 5.39. The van der Waals surface area contributed by atoms with E-state index in [-0.39, 0.29) is 23.8 Å². The fourth-order valence-corrected chi connectivity index (χ4v) is 2.26. The molecule has 4 nitrogen and oxygen atoms in total. The number of aliphatic carboxylic acids is 1. The predicted molar refractivity (Wildman–Crippen MR) is 56.4 cm³/mol. The zero-order chi connectivity index (χ0) is 11.6. The zero-order valence-electron chi connectivity index (χ0n) is 9.56. The third-order valence-corrected chi connectivity index (χ3v) is 3.59. The number of carboxylic acid groups (broad SMARTS) is 1. The van der Waals surface area contributed by atoms with Gasteiger partial charge in [-0.15, -0.1) is 0 Å². The fraction of sp³-hybridized carbons (Fsp3) is 0.818. The molecule has 0 aromatic heterocycles. The highest BCUT2D eigenvalue weighted by atomic mass is 16.4. The Labute approximate surface area is 90.3 Å². The minimum atomic E-state index is -0.730. The summed E-state index contributed by atoms with van der Waals surface area (Å²) in [4.78, 5) is 23.7. The van der Waals surface area contributed by atoms with Crippen LogP contribution in [-0.2, 0) is 9.59 Å². The largest absolute Gasteiger partial charge is 0.481 e. The van der Waals surface area contributed by atoms with Crippen molar-refractivity contribution in [1.29, 1.82) is 0 Å². The number of carbonyl (C=O) groups excluding carboxylic acids is 1. The van der Waals surface area contributed by atoms with E-state index in [1.54, 1.807) is 25.8 Å². The first-order chi connectivity index (χ1) is 6.93. The maximum Gasteiger partial charge on any atom is 0.306 e. The topological polar surface area (TPSA) is 57.6 Å². The van der Waals surface area contributed by atoms with Crippen LogP contribution in [0.2, 0.25) is 0 Å². The van der Waals surface area contributed by atoms with Gasteiger partial charge >= 0.3 is 5.97 Å². The van der Waals surface area contributed by atoms with Gasteiger partial charge in [-0.3, -0.25) is 9.59 Å². The van der Waals surface area contributed by atoms with Crippen LogP contribution >= 0.6 is 0 Å². The molecule has 1 fully saturated rings. The lowest BCUT2D eigenvalue weighted by Crippen LogP contribution is -2.34. The number of hydrogen-bond donors (Lipinski definition) is 1. The molecule has 0 aliphatic heterocycles. The third-order valence-electron chi connectivity index (χ3n) is 3.59. The summed E-state index contributed by atoms with van der Waals surface area (Å²) < 4.78 is 0. The molecule has 3 atom stereocenters. The SMILES string of the molecule is CC(=O)N(C)C1CCC(C(C)C(=O)O)C1. The monoisotopic (exact) mass is 213 g/mol. The molecule has 0 radical (unpaired) electrons. The molecule has 0 spiro atoms. The van der Waals surface area contributed by atoms with Gasteiger partial charge in [-0.25, -0.2) is 0 Å². The summed E-state index contributed by atoms with van der Waals surface area (Å²) in [7, 11) is 1.79. The predicted octanol–water partition coefficient (Wildman–Crippen LogP) is 1.35. The Morgan fingerprint density at radius 3 is 2.47 bits per heavy atom. The van der Waals surface area contributed by atoms with E-state index in [1.165, 1.54) is 0 Å². The Bertz CT molecular complexity index is 239. The Kier molecular flexibility index (Phi) is 3.72. The van der Waals surface area contributed by atoms with Gasteiger partial charge in [0.05, 0.1) is 5.92 Å². The molecule has 15 heavy (non-hydrogen) atoms. The highest BCUT2D eigenvalue weighted by Crippen LogP contribution is 2.34. The summed E-state index contributed by atoms with van der Waals surface area (Å²) in [6.07, 6.45) is 2.66. The summed E-state index contributed by atoms with van der Waals surface area (Å²) in [5, 5.41) is 8.90. The van der Waals surface area contributed by atoms with E-state index in [0.29, 0.717) is 0 Å². The Morgan fingerprint density at radius 2 is 2.00 bits per heavy atom. The van der Waals surface area contributed by atoms with Gasteiger partial charge in [0.15, 0.2) is 0 Å². The maximum absolute atomic E-state index is 11.2. The summed E-state index contributed by atoms with van der Waals surface area (Å²) in [5.74, 6) is -0.751. The van der Waals surface area contributed by atoms with Gasteiger partial charge < -0.3 is 10.0 Å². The molecular formula is C11H19NO3. The summed E-state index contributed by atoms with van der Waals surface area (Å²) in [5.41, 5.74) is 0.